The Morgan fingerprint density at radius 1 is 0.220 bits per heavy atom. The Hall–Kier alpha value is -4.36. The fraction of sp³-hybridized carbons (Fsp3) is 0.742. The van der Waals surface area contributed by atoms with Crippen LogP contribution in [0.5, 0.6) is 0 Å². The maximum absolute atomic E-state index is 15.0. The number of fused-ring (bicyclic) bond motifs is 2. The highest BCUT2D eigenvalue weighted by molar-refractivity contribution is 6.41. The number of rotatable bonds is 62. The minimum absolute atomic E-state index is 0.120. The number of nitrogens with two attached hydrogens (primary N) is 1. The minimum atomic E-state index is -0.162. The van der Waals surface area contributed by atoms with E-state index in [2.05, 4.69) is 65.8 Å². The number of imide groups is 2. The average Bonchev–Trinajstić information content (AvgIpc) is 0.692. The first kappa shape index (κ1) is 84.6. The van der Waals surface area contributed by atoms with Crippen LogP contribution >= 0.6 is 0 Å². The van der Waals surface area contributed by atoms with Crippen molar-refractivity contribution < 1.29 is 19.2 Å². The van der Waals surface area contributed by atoms with E-state index in [1.165, 1.54) is 308 Å². The number of benzene rings is 5. The number of nitrogens with zero attached hydrogens (tertiary/aromatic N) is 2. The smallest absolute Gasteiger partial charge is 0.261 e. The van der Waals surface area contributed by atoms with Crippen LogP contribution in [0.4, 0.5) is 0 Å². The number of carbonyl (C=O) groups excluding carboxylic acids is 4. The Kier molecular flexibility index (Phi) is 43.8. The van der Waals surface area contributed by atoms with Gasteiger partial charge in [0.05, 0.1) is 0 Å². The molecule has 0 saturated heterocycles. The lowest BCUT2D eigenvalue weighted by Crippen LogP contribution is -2.47. The lowest BCUT2D eigenvalue weighted by Gasteiger charge is -2.35. The molecular formula is C93H151N3O4. The van der Waals surface area contributed by atoms with Crippen molar-refractivity contribution in [1.29, 1.82) is 0 Å². The second-order valence-electron chi connectivity index (χ2n) is 31.9. The Bertz CT molecular complexity index is 2650. The Balaban J connectivity index is 0.000000558. The fourth-order valence-electron chi connectivity index (χ4n) is 17.1. The zero-order valence-electron chi connectivity index (χ0n) is 65.9. The molecule has 5 aromatic rings. The van der Waals surface area contributed by atoms with Gasteiger partial charge < -0.3 is 5.73 Å². The number of carbonyl (C=O) groups is 4. The van der Waals surface area contributed by atoms with Gasteiger partial charge in [-0.15, -0.1) is 0 Å². The van der Waals surface area contributed by atoms with Gasteiger partial charge >= 0.3 is 0 Å². The molecule has 0 saturated carbocycles. The summed E-state index contributed by atoms with van der Waals surface area (Å²) < 4.78 is 0. The molecule has 5 aromatic carbocycles. The maximum atomic E-state index is 15.0. The summed E-state index contributed by atoms with van der Waals surface area (Å²) in [6, 6.07) is 16.4. The van der Waals surface area contributed by atoms with Gasteiger partial charge in [0.2, 0.25) is 0 Å². The highest BCUT2D eigenvalue weighted by Crippen LogP contribution is 2.47. The van der Waals surface area contributed by atoms with Crippen LogP contribution in [-0.2, 0) is 0 Å². The number of hydrogen-bond donors (Lipinski definition) is 1. The van der Waals surface area contributed by atoms with E-state index in [4.69, 9.17) is 5.73 Å². The summed E-state index contributed by atoms with van der Waals surface area (Å²) in [4.78, 5) is 63.2. The van der Waals surface area contributed by atoms with Crippen molar-refractivity contribution in [3.8, 4) is 0 Å². The summed E-state index contributed by atoms with van der Waals surface area (Å²) in [7, 11) is 0. The molecule has 0 aliphatic carbocycles. The number of hydrogen-bond acceptors (Lipinski definition) is 5. The van der Waals surface area contributed by atoms with E-state index >= 15 is 0 Å². The molecule has 0 atom stereocenters. The molecule has 0 bridgehead atoms. The second-order valence-corrected chi connectivity index (χ2v) is 31.9. The van der Waals surface area contributed by atoms with Crippen molar-refractivity contribution in [3.63, 3.8) is 0 Å². The van der Waals surface area contributed by atoms with E-state index in [1.807, 2.05) is 24.3 Å². The molecule has 2 aliphatic heterocycles. The molecule has 2 N–H and O–H groups in total. The normalized spacial score (nSPS) is 13.3. The van der Waals surface area contributed by atoms with Crippen molar-refractivity contribution in [2.75, 3.05) is 0 Å². The van der Waals surface area contributed by atoms with E-state index < -0.39 is 0 Å². The molecule has 0 radical (unpaired) electrons. The molecule has 100 heavy (non-hydrogen) atoms. The molecule has 2 heterocycles. The van der Waals surface area contributed by atoms with Gasteiger partial charge in [0.25, 0.3) is 23.6 Å². The molecule has 562 valence electrons. The largest absolute Gasteiger partial charge is 0.328 e. The summed E-state index contributed by atoms with van der Waals surface area (Å²) in [5.74, 6) is -0.649. The van der Waals surface area contributed by atoms with Gasteiger partial charge in [-0.1, -0.05) is 413 Å². The van der Waals surface area contributed by atoms with Crippen LogP contribution in [0.3, 0.4) is 0 Å². The second kappa shape index (κ2) is 51.7. The third kappa shape index (κ3) is 27.9. The van der Waals surface area contributed by atoms with Gasteiger partial charge in [-0.25, -0.2) is 0 Å². The average molecular weight is 1380 g/mol. The molecule has 0 spiro atoms. The van der Waals surface area contributed by atoms with E-state index in [9.17, 15) is 19.2 Å². The molecule has 7 heteroatoms. The number of unbranched alkanes of at least 4 members (excludes halogenated alkanes) is 48. The molecule has 4 amide bonds. The molecular weight excluding hydrogens is 1220 g/mol. The first-order valence-corrected chi connectivity index (χ1v) is 43.9. The van der Waals surface area contributed by atoms with Crippen molar-refractivity contribution in [3.05, 3.63) is 70.8 Å². The molecule has 7 nitrogen and oxygen atoms in total. The molecule has 0 fully saturated rings. The monoisotopic (exact) mass is 1370 g/mol. The standard InChI is InChI=1S/C70H102N2O4.C23H49N/c1-5-9-13-17-21-25-29-33-37-41-53(42-38-34-30-26-22-18-14-10-6-2)71-67(73)59-49-45-55-57-47-51-61-66-62(52-48-58(64(57)66)56-46-50-60(68(71)74)65(59)63(55)56)70(76)72(69(61)75)54(43-39-35-31-27-23-19-15-11-7-3)44-40-36-32-28-24-20-16-12-8-4;1-3-5-7-9-11-13-15-17-19-21-23(24)22-20-18-16-14-12-10-8-6-4-2/h45-54H,5-44H2,1-4H3;23H,3-22,24H2,1-2H3. The van der Waals surface area contributed by atoms with Gasteiger partial charge in [0.1, 0.15) is 0 Å². The zero-order valence-corrected chi connectivity index (χ0v) is 65.9. The summed E-state index contributed by atoms with van der Waals surface area (Å²) in [6.07, 6.45) is 76.2. The van der Waals surface area contributed by atoms with Gasteiger partial charge in [-0.3, -0.25) is 29.0 Å². The summed E-state index contributed by atoms with van der Waals surface area (Å²) >= 11 is 0. The van der Waals surface area contributed by atoms with Crippen LogP contribution in [0.15, 0.2) is 48.5 Å². The van der Waals surface area contributed by atoms with Crippen LogP contribution in [0, 0.1) is 0 Å². The number of amides is 4. The third-order valence-electron chi connectivity index (χ3n) is 23.3. The Morgan fingerprint density at radius 3 is 0.560 bits per heavy atom. The topological polar surface area (TPSA) is 101 Å². The summed E-state index contributed by atoms with van der Waals surface area (Å²) in [6.45, 7) is 13.7. The molecule has 7 rings (SSSR count). The minimum Gasteiger partial charge on any atom is -0.328 e. The first-order valence-electron chi connectivity index (χ1n) is 43.9. The highest BCUT2D eigenvalue weighted by Gasteiger charge is 2.41. The fourth-order valence-corrected chi connectivity index (χ4v) is 17.1. The molecule has 0 aromatic heterocycles. The van der Waals surface area contributed by atoms with Gasteiger partial charge in [-0.05, 0) is 95.1 Å². The molecule has 2 aliphatic rings. The van der Waals surface area contributed by atoms with E-state index in [1.54, 1.807) is 9.80 Å². The van der Waals surface area contributed by atoms with Gasteiger partial charge in [-0.2, -0.15) is 0 Å². The zero-order chi connectivity index (χ0) is 71.2. The quantitative estimate of drug-likeness (QED) is 0.0181. The van der Waals surface area contributed by atoms with E-state index in [-0.39, 0.29) is 35.7 Å². The lowest BCUT2D eigenvalue weighted by atomic mass is 9.81. The van der Waals surface area contributed by atoms with Gasteiger partial charge in [0, 0.05) is 51.2 Å². The first-order chi connectivity index (χ1) is 49.2. The lowest BCUT2D eigenvalue weighted by molar-refractivity contribution is 0.0501. The third-order valence-corrected chi connectivity index (χ3v) is 23.3. The predicted molar refractivity (Wildman–Crippen MR) is 435 cm³/mol. The summed E-state index contributed by atoms with van der Waals surface area (Å²) in [5, 5.41) is 7.18. The van der Waals surface area contributed by atoms with Crippen LogP contribution in [0.2, 0.25) is 0 Å². The Labute approximate surface area is 613 Å². The van der Waals surface area contributed by atoms with Crippen molar-refractivity contribution in [2.45, 2.75) is 445 Å². The van der Waals surface area contributed by atoms with Crippen LogP contribution in [-0.4, -0.2) is 51.6 Å². The van der Waals surface area contributed by atoms with Gasteiger partial charge in [0.15, 0.2) is 0 Å². The predicted octanol–water partition coefficient (Wildman–Crippen LogP) is 29.5. The van der Waals surface area contributed by atoms with Crippen molar-refractivity contribution >= 4 is 66.7 Å². The van der Waals surface area contributed by atoms with Crippen LogP contribution in [0.25, 0.3) is 43.1 Å². The molecule has 0 unspecified atom stereocenters. The van der Waals surface area contributed by atoms with Crippen molar-refractivity contribution in [2.24, 2.45) is 5.73 Å². The van der Waals surface area contributed by atoms with Crippen LogP contribution < -0.4 is 5.73 Å². The van der Waals surface area contributed by atoms with E-state index in [0.717, 1.165) is 120 Å². The maximum Gasteiger partial charge on any atom is 0.261 e. The highest BCUT2D eigenvalue weighted by atomic mass is 16.2. The Morgan fingerprint density at radius 2 is 0.380 bits per heavy atom. The summed E-state index contributed by atoms with van der Waals surface area (Å²) in [5.41, 5.74) is 8.71. The SMILES string of the molecule is CCCCCCCCCCCC(CCCCCCCCCCC)N1C(=O)c2ccc3c4ccc5c6c(ccc(c7ccc(c2c37)C1=O)c64)C(=O)N(C(CCCCCCCCCCC)CCCCCCCCCCC)C5=O.CCCCCCCCCCCC(N)CCCCCCCCCCC. The van der Waals surface area contributed by atoms with Crippen molar-refractivity contribution in [1.82, 2.24) is 9.80 Å². The van der Waals surface area contributed by atoms with Crippen LogP contribution in [0.1, 0.15) is 468 Å². The van der Waals surface area contributed by atoms with E-state index in [0.29, 0.717) is 28.3 Å².